The standard InChI is InChI=1S/C19H17F3N4O4S/c20-19(21,22)30-14-3-1-2-12(8-14)13-9-15(29-11-13)17(27)24-18-23-16(25-31-18)10-26-4-6-28-7-5-26/h1-3,8-9,11H,4-7,10H2,(H,23,24,25,27). The van der Waals surface area contributed by atoms with Crippen LogP contribution in [0.1, 0.15) is 16.4 Å². The maximum Gasteiger partial charge on any atom is 0.573 e. The minimum Gasteiger partial charge on any atom is -0.459 e. The maximum atomic E-state index is 12.4. The Labute approximate surface area is 178 Å². The van der Waals surface area contributed by atoms with E-state index in [0.29, 0.717) is 41.8 Å². The summed E-state index contributed by atoms with van der Waals surface area (Å²) < 4.78 is 56.0. The van der Waals surface area contributed by atoms with Crippen molar-refractivity contribution < 1.29 is 31.9 Å². The number of morpholine rings is 1. The second-order valence-corrected chi connectivity index (χ2v) is 7.39. The van der Waals surface area contributed by atoms with Gasteiger partial charge in [0.2, 0.25) is 5.13 Å². The van der Waals surface area contributed by atoms with Crippen LogP contribution in [0.4, 0.5) is 18.3 Å². The Hall–Kier alpha value is -2.96. The highest BCUT2D eigenvalue weighted by Crippen LogP contribution is 2.29. The Balaban J connectivity index is 1.39. The average Bonchev–Trinajstić information content (AvgIpc) is 3.38. The number of aromatic nitrogens is 2. The van der Waals surface area contributed by atoms with E-state index in [1.807, 2.05) is 0 Å². The van der Waals surface area contributed by atoms with E-state index in [4.69, 9.17) is 9.15 Å². The van der Waals surface area contributed by atoms with Crippen molar-refractivity contribution in [3.63, 3.8) is 0 Å². The number of furan rings is 1. The minimum atomic E-state index is -4.79. The van der Waals surface area contributed by atoms with Crippen molar-refractivity contribution in [2.75, 3.05) is 31.6 Å². The van der Waals surface area contributed by atoms with E-state index in [9.17, 15) is 18.0 Å². The summed E-state index contributed by atoms with van der Waals surface area (Å²) in [5, 5.41) is 2.94. The van der Waals surface area contributed by atoms with Crippen LogP contribution in [0.2, 0.25) is 0 Å². The van der Waals surface area contributed by atoms with Crippen LogP contribution in [0.3, 0.4) is 0 Å². The fourth-order valence-electron chi connectivity index (χ4n) is 2.97. The van der Waals surface area contributed by atoms with E-state index in [1.165, 1.54) is 30.5 Å². The zero-order valence-electron chi connectivity index (χ0n) is 16.0. The zero-order valence-corrected chi connectivity index (χ0v) is 16.8. The average molecular weight is 454 g/mol. The highest BCUT2D eigenvalue weighted by Gasteiger charge is 2.31. The van der Waals surface area contributed by atoms with E-state index in [0.717, 1.165) is 24.6 Å². The largest absolute Gasteiger partial charge is 0.573 e. The number of carbonyl (C=O) groups is 1. The maximum absolute atomic E-state index is 12.4. The van der Waals surface area contributed by atoms with Gasteiger partial charge in [-0.2, -0.15) is 4.37 Å². The summed E-state index contributed by atoms with van der Waals surface area (Å²) in [6.07, 6.45) is -3.51. The first kappa shape index (κ1) is 21.3. The lowest BCUT2D eigenvalue weighted by atomic mass is 10.1. The van der Waals surface area contributed by atoms with Gasteiger partial charge in [-0.3, -0.25) is 15.0 Å². The molecule has 1 aliphatic heterocycles. The van der Waals surface area contributed by atoms with Gasteiger partial charge in [0.05, 0.1) is 26.0 Å². The van der Waals surface area contributed by atoms with Crippen molar-refractivity contribution in [2.24, 2.45) is 0 Å². The van der Waals surface area contributed by atoms with Crippen molar-refractivity contribution >= 4 is 22.6 Å². The molecule has 1 amide bonds. The number of hydrogen-bond acceptors (Lipinski definition) is 8. The fourth-order valence-corrected chi connectivity index (χ4v) is 3.54. The van der Waals surface area contributed by atoms with Gasteiger partial charge in [-0.05, 0) is 23.8 Å². The van der Waals surface area contributed by atoms with Crippen LogP contribution in [-0.2, 0) is 11.3 Å². The van der Waals surface area contributed by atoms with Crippen molar-refractivity contribution in [3.8, 4) is 16.9 Å². The summed E-state index contributed by atoms with van der Waals surface area (Å²) in [5.41, 5.74) is 0.844. The molecule has 1 saturated heterocycles. The Bertz CT molecular complexity index is 1050. The van der Waals surface area contributed by atoms with Crippen molar-refractivity contribution in [1.29, 1.82) is 0 Å². The van der Waals surface area contributed by atoms with Gasteiger partial charge in [0.15, 0.2) is 11.6 Å². The summed E-state index contributed by atoms with van der Waals surface area (Å²) in [6.45, 7) is 3.49. The fraction of sp³-hybridized carbons (Fsp3) is 0.316. The molecule has 0 spiro atoms. The molecule has 31 heavy (non-hydrogen) atoms. The van der Waals surface area contributed by atoms with Gasteiger partial charge in [0.1, 0.15) is 5.75 Å². The topological polar surface area (TPSA) is 89.7 Å². The molecule has 8 nitrogen and oxygen atoms in total. The molecule has 1 fully saturated rings. The molecule has 0 atom stereocenters. The molecule has 2 aromatic heterocycles. The molecule has 164 valence electrons. The molecule has 1 N–H and O–H groups in total. The first-order valence-electron chi connectivity index (χ1n) is 9.24. The third kappa shape index (κ3) is 5.81. The lowest BCUT2D eigenvalue weighted by Crippen LogP contribution is -2.35. The molecule has 1 aromatic carbocycles. The van der Waals surface area contributed by atoms with Gasteiger partial charge in [0, 0.05) is 30.2 Å². The number of nitrogens with zero attached hydrogens (tertiary/aromatic N) is 3. The molecule has 12 heteroatoms. The SMILES string of the molecule is O=C(Nc1nc(CN2CCOCC2)ns1)c1cc(-c2cccc(OC(F)(F)F)c2)co1. The Kier molecular flexibility index (Phi) is 6.20. The third-order valence-electron chi connectivity index (χ3n) is 4.38. The second kappa shape index (κ2) is 9.04. The highest BCUT2D eigenvalue weighted by atomic mass is 32.1. The van der Waals surface area contributed by atoms with Gasteiger partial charge in [-0.1, -0.05) is 12.1 Å². The van der Waals surface area contributed by atoms with Gasteiger partial charge < -0.3 is 13.9 Å². The quantitative estimate of drug-likeness (QED) is 0.606. The summed E-state index contributed by atoms with van der Waals surface area (Å²) in [6, 6.07) is 6.83. The van der Waals surface area contributed by atoms with Crippen molar-refractivity contribution in [3.05, 3.63) is 48.2 Å². The molecule has 1 aliphatic rings. The van der Waals surface area contributed by atoms with E-state index in [2.05, 4.69) is 24.3 Å². The van der Waals surface area contributed by atoms with E-state index in [1.54, 1.807) is 6.07 Å². The Morgan fingerprint density at radius 3 is 2.81 bits per heavy atom. The summed E-state index contributed by atoms with van der Waals surface area (Å²) in [4.78, 5) is 18.9. The number of ether oxygens (including phenoxy) is 2. The van der Waals surface area contributed by atoms with Crippen LogP contribution >= 0.6 is 11.5 Å². The molecule has 0 aliphatic carbocycles. The van der Waals surface area contributed by atoms with Crippen molar-refractivity contribution in [2.45, 2.75) is 12.9 Å². The zero-order chi connectivity index (χ0) is 21.8. The molecule has 3 heterocycles. The number of benzene rings is 1. The summed E-state index contributed by atoms with van der Waals surface area (Å²) in [5.74, 6) is -0.312. The normalized spacial score (nSPS) is 15.1. The summed E-state index contributed by atoms with van der Waals surface area (Å²) in [7, 11) is 0. The van der Waals surface area contributed by atoms with E-state index >= 15 is 0 Å². The van der Waals surface area contributed by atoms with Gasteiger partial charge in [-0.15, -0.1) is 13.2 Å². The van der Waals surface area contributed by atoms with Gasteiger partial charge >= 0.3 is 6.36 Å². The lowest BCUT2D eigenvalue weighted by Gasteiger charge is -2.25. The second-order valence-electron chi connectivity index (χ2n) is 6.63. The van der Waals surface area contributed by atoms with Crippen LogP contribution in [0.15, 0.2) is 41.0 Å². The molecule has 0 radical (unpaired) electrons. The number of carbonyl (C=O) groups excluding carboxylic acids is 1. The molecule has 3 aromatic rings. The van der Waals surface area contributed by atoms with Crippen LogP contribution in [-0.4, -0.2) is 52.8 Å². The van der Waals surface area contributed by atoms with Gasteiger partial charge in [0.25, 0.3) is 5.91 Å². The predicted molar refractivity (Wildman–Crippen MR) is 105 cm³/mol. The number of nitrogens with one attached hydrogen (secondary N) is 1. The molecule has 0 bridgehead atoms. The van der Waals surface area contributed by atoms with E-state index in [-0.39, 0.29) is 11.5 Å². The Morgan fingerprint density at radius 2 is 2.03 bits per heavy atom. The smallest absolute Gasteiger partial charge is 0.459 e. The van der Waals surface area contributed by atoms with Crippen LogP contribution in [0.5, 0.6) is 5.75 Å². The molecule has 0 saturated carbocycles. The minimum absolute atomic E-state index is 0.0120. The first-order valence-corrected chi connectivity index (χ1v) is 10.0. The first-order chi connectivity index (χ1) is 14.9. The van der Waals surface area contributed by atoms with Gasteiger partial charge in [-0.25, -0.2) is 4.98 Å². The summed E-state index contributed by atoms with van der Waals surface area (Å²) >= 11 is 1.06. The Morgan fingerprint density at radius 1 is 1.23 bits per heavy atom. The predicted octanol–water partition coefficient (Wildman–Crippen LogP) is 3.78. The number of halogens is 3. The number of amides is 1. The monoisotopic (exact) mass is 454 g/mol. The lowest BCUT2D eigenvalue weighted by molar-refractivity contribution is -0.274. The van der Waals surface area contributed by atoms with E-state index < -0.39 is 12.3 Å². The third-order valence-corrected chi connectivity index (χ3v) is 5.05. The van der Waals surface area contributed by atoms with Crippen LogP contribution in [0.25, 0.3) is 11.1 Å². The molecular formula is C19H17F3N4O4S. The van der Waals surface area contributed by atoms with Crippen LogP contribution in [0, 0.1) is 0 Å². The number of hydrogen-bond donors (Lipinski definition) is 1. The van der Waals surface area contributed by atoms with Crippen LogP contribution < -0.4 is 10.1 Å². The highest BCUT2D eigenvalue weighted by molar-refractivity contribution is 7.09. The molecule has 0 unspecified atom stereocenters. The number of anilines is 1. The molecule has 4 rings (SSSR count). The van der Waals surface area contributed by atoms with Crippen molar-refractivity contribution in [1.82, 2.24) is 14.3 Å². The number of rotatable bonds is 6. The number of alkyl halides is 3. The molecular weight excluding hydrogens is 437 g/mol.